The average Bonchev–Trinajstić information content (AvgIpc) is 2.70. The molecular formula is C17H20F2N2O3. The molecule has 5 nitrogen and oxygen atoms in total. The van der Waals surface area contributed by atoms with Crippen molar-refractivity contribution in [3.8, 4) is 0 Å². The van der Waals surface area contributed by atoms with E-state index >= 15 is 0 Å². The number of ether oxygens (including phenoxy) is 1. The minimum Gasteiger partial charge on any atom is -0.368 e. The Morgan fingerprint density at radius 3 is 2.50 bits per heavy atom. The van der Waals surface area contributed by atoms with Crippen molar-refractivity contribution >= 4 is 17.5 Å². The van der Waals surface area contributed by atoms with Crippen LogP contribution in [0.1, 0.15) is 32.3 Å². The van der Waals surface area contributed by atoms with Crippen molar-refractivity contribution in [3.05, 3.63) is 29.3 Å². The fourth-order valence-electron chi connectivity index (χ4n) is 4.14. The van der Waals surface area contributed by atoms with E-state index in [1.165, 1.54) is 13.2 Å². The third kappa shape index (κ3) is 2.14. The standard InChI is InChI=1S/C17H20F2N2O3/c1-16(2)6-9(7-16)17(24-3)13-11(5-4-10(18)14(13)19)21(15(17)23)8-12(20)22/h4-5,9H,6-8H2,1-3H3,(H2,20,22)/t17-/m0/s1. The lowest BCUT2D eigenvalue weighted by Gasteiger charge is -2.50. The first kappa shape index (κ1) is 16.8. The largest absolute Gasteiger partial charge is 0.368 e. The van der Waals surface area contributed by atoms with Gasteiger partial charge in [-0.15, -0.1) is 0 Å². The Balaban J connectivity index is 2.18. The highest BCUT2D eigenvalue weighted by atomic mass is 19.2. The van der Waals surface area contributed by atoms with Gasteiger partial charge in [-0.25, -0.2) is 8.78 Å². The summed E-state index contributed by atoms with van der Waals surface area (Å²) in [7, 11) is 1.31. The second-order valence-electron chi connectivity index (χ2n) is 7.32. The molecule has 0 saturated heterocycles. The molecule has 0 radical (unpaired) electrons. The smallest absolute Gasteiger partial charge is 0.264 e. The highest BCUT2D eigenvalue weighted by Crippen LogP contribution is 2.59. The minimum absolute atomic E-state index is 0.00243. The predicted octanol–water partition coefficient (Wildman–Crippen LogP) is 2.07. The number of anilines is 1. The van der Waals surface area contributed by atoms with Crippen LogP contribution in [0.15, 0.2) is 12.1 Å². The number of hydrogen-bond acceptors (Lipinski definition) is 3. The number of rotatable bonds is 4. The van der Waals surface area contributed by atoms with E-state index in [0.717, 1.165) is 11.0 Å². The third-order valence-electron chi connectivity index (χ3n) is 5.11. The molecule has 1 saturated carbocycles. The lowest BCUT2D eigenvalue weighted by Crippen LogP contribution is -2.54. The van der Waals surface area contributed by atoms with Crippen LogP contribution in [0.3, 0.4) is 0 Å². The van der Waals surface area contributed by atoms with Crippen LogP contribution in [-0.4, -0.2) is 25.5 Å². The number of benzene rings is 1. The Bertz CT molecular complexity index is 727. The summed E-state index contributed by atoms with van der Waals surface area (Å²) in [6.07, 6.45) is 1.26. The van der Waals surface area contributed by atoms with Crippen LogP contribution in [0.5, 0.6) is 0 Å². The molecule has 7 heteroatoms. The highest BCUT2D eigenvalue weighted by Gasteiger charge is 2.62. The minimum atomic E-state index is -1.62. The Kier molecular flexibility index (Phi) is 3.67. The van der Waals surface area contributed by atoms with Crippen molar-refractivity contribution in [1.82, 2.24) is 0 Å². The topological polar surface area (TPSA) is 72.6 Å². The first-order chi connectivity index (χ1) is 11.1. The lowest BCUT2D eigenvalue weighted by molar-refractivity contribution is -0.162. The van der Waals surface area contributed by atoms with Crippen LogP contribution in [0.2, 0.25) is 0 Å². The zero-order valence-electron chi connectivity index (χ0n) is 13.9. The molecule has 2 aliphatic rings. The van der Waals surface area contributed by atoms with Crippen LogP contribution in [0, 0.1) is 23.0 Å². The van der Waals surface area contributed by atoms with E-state index in [1.54, 1.807) is 0 Å². The molecule has 1 aromatic carbocycles. The first-order valence-corrected chi connectivity index (χ1v) is 7.78. The second kappa shape index (κ2) is 5.24. The molecule has 24 heavy (non-hydrogen) atoms. The number of halogens is 2. The Hall–Kier alpha value is -2.02. The molecular weight excluding hydrogens is 318 g/mol. The number of fused-ring (bicyclic) bond motifs is 1. The van der Waals surface area contributed by atoms with E-state index < -0.39 is 35.6 Å². The second-order valence-corrected chi connectivity index (χ2v) is 7.32. The van der Waals surface area contributed by atoms with Crippen molar-refractivity contribution in [2.75, 3.05) is 18.6 Å². The summed E-state index contributed by atoms with van der Waals surface area (Å²) < 4.78 is 34.0. The SMILES string of the molecule is CO[C@]1(C2CC(C)(C)C2)C(=O)N(CC(N)=O)c2ccc(F)c(F)c21. The van der Waals surface area contributed by atoms with E-state index in [0.29, 0.717) is 12.8 Å². The van der Waals surface area contributed by atoms with Gasteiger partial charge in [-0.05, 0) is 30.4 Å². The molecule has 1 atom stereocenters. The number of nitrogens with two attached hydrogens (primary N) is 1. The fraction of sp³-hybridized carbons (Fsp3) is 0.529. The summed E-state index contributed by atoms with van der Waals surface area (Å²) in [6.45, 7) is 3.67. The fourth-order valence-corrected chi connectivity index (χ4v) is 4.14. The molecule has 1 aliphatic carbocycles. The van der Waals surface area contributed by atoms with Crippen LogP contribution < -0.4 is 10.6 Å². The summed E-state index contributed by atoms with van der Waals surface area (Å²) in [5.74, 6) is -3.76. The zero-order chi connectivity index (χ0) is 17.9. The summed E-state index contributed by atoms with van der Waals surface area (Å²) in [6, 6.07) is 2.23. The molecule has 2 amide bonds. The quantitative estimate of drug-likeness (QED) is 0.913. The van der Waals surface area contributed by atoms with Gasteiger partial charge in [-0.1, -0.05) is 13.8 Å². The summed E-state index contributed by atoms with van der Waals surface area (Å²) in [5.41, 5.74) is 3.61. The van der Waals surface area contributed by atoms with Gasteiger partial charge in [0.15, 0.2) is 17.2 Å². The highest BCUT2D eigenvalue weighted by molar-refractivity contribution is 6.10. The molecule has 3 rings (SSSR count). The number of primary amides is 1. The van der Waals surface area contributed by atoms with Crippen LogP contribution >= 0.6 is 0 Å². The van der Waals surface area contributed by atoms with E-state index in [2.05, 4.69) is 0 Å². The molecule has 1 aliphatic heterocycles. The molecule has 2 N–H and O–H groups in total. The van der Waals surface area contributed by atoms with Gasteiger partial charge < -0.3 is 10.5 Å². The molecule has 1 aromatic rings. The van der Waals surface area contributed by atoms with E-state index in [9.17, 15) is 18.4 Å². The van der Waals surface area contributed by atoms with Crippen molar-refractivity contribution in [2.45, 2.75) is 32.3 Å². The maximum absolute atomic E-state index is 14.6. The summed E-state index contributed by atoms with van der Waals surface area (Å²) >= 11 is 0. The number of carbonyl (C=O) groups is 2. The summed E-state index contributed by atoms with van der Waals surface area (Å²) in [5, 5.41) is 0. The number of carbonyl (C=O) groups excluding carboxylic acids is 2. The Labute approximate surface area is 138 Å². The average molecular weight is 338 g/mol. The molecule has 130 valence electrons. The first-order valence-electron chi connectivity index (χ1n) is 7.78. The van der Waals surface area contributed by atoms with Gasteiger partial charge in [-0.2, -0.15) is 0 Å². The number of amides is 2. The maximum atomic E-state index is 14.6. The van der Waals surface area contributed by atoms with Gasteiger partial charge in [0.1, 0.15) is 6.54 Å². The molecule has 0 spiro atoms. The molecule has 0 unspecified atom stereocenters. The molecule has 0 aromatic heterocycles. The zero-order valence-corrected chi connectivity index (χ0v) is 13.9. The van der Waals surface area contributed by atoms with Gasteiger partial charge in [0.25, 0.3) is 5.91 Å². The predicted molar refractivity (Wildman–Crippen MR) is 83.1 cm³/mol. The van der Waals surface area contributed by atoms with Gasteiger partial charge in [0, 0.05) is 13.0 Å². The molecule has 1 heterocycles. The maximum Gasteiger partial charge on any atom is 0.264 e. The number of nitrogens with zero attached hydrogens (tertiary/aromatic N) is 1. The van der Waals surface area contributed by atoms with Crippen molar-refractivity contribution in [3.63, 3.8) is 0 Å². The van der Waals surface area contributed by atoms with E-state index in [4.69, 9.17) is 10.5 Å². The van der Waals surface area contributed by atoms with Crippen LogP contribution in [0.25, 0.3) is 0 Å². The van der Waals surface area contributed by atoms with Crippen LogP contribution in [-0.2, 0) is 19.9 Å². The Morgan fingerprint density at radius 2 is 2.00 bits per heavy atom. The van der Waals surface area contributed by atoms with Crippen LogP contribution in [0.4, 0.5) is 14.5 Å². The molecule has 1 fully saturated rings. The monoisotopic (exact) mass is 338 g/mol. The lowest BCUT2D eigenvalue weighted by atomic mass is 9.57. The van der Waals surface area contributed by atoms with E-state index in [-0.39, 0.29) is 22.6 Å². The normalized spacial score (nSPS) is 25.5. The van der Waals surface area contributed by atoms with Crippen molar-refractivity contribution in [2.24, 2.45) is 17.1 Å². The van der Waals surface area contributed by atoms with Gasteiger partial charge in [-0.3, -0.25) is 14.5 Å². The summed E-state index contributed by atoms with van der Waals surface area (Å²) in [4.78, 5) is 25.5. The van der Waals surface area contributed by atoms with E-state index in [1.807, 2.05) is 13.8 Å². The van der Waals surface area contributed by atoms with Crippen molar-refractivity contribution < 1.29 is 23.1 Å². The Morgan fingerprint density at radius 1 is 1.38 bits per heavy atom. The van der Waals surface area contributed by atoms with Crippen molar-refractivity contribution in [1.29, 1.82) is 0 Å². The van der Waals surface area contributed by atoms with Gasteiger partial charge in [0.2, 0.25) is 5.91 Å². The number of methoxy groups -OCH3 is 1. The molecule has 0 bridgehead atoms. The van der Waals surface area contributed by atoms with Gasteiger partial charge >= 0.3 is 0 Å². The van der Waals surface area contributed by atoms with Gasteiger partial charge in [0.05, 0.1) is 11.3 Å². The number of hydrogen-bond donors (Lipinski definition) is 1. The third-order valence-corrected chi connectivity index (χ3v) is 5.11.